The minimum atomic E-state index is 0.770. The van der Waals surface area contributed by atoms with E-state index in [1.807, 2.05) is 7.05 Å². The Morgan fingerprint density at radius 1 is 1.00 bits per heavy atom. The maximum absolute atomic E-state index is 5.51. The summed E-state index contributed by atoms with van der Waals surface area (Å²) in [5, 5.41) is 3.58. The second-order valence-corrected chi connectivity index (χ2v) is 7.42. The van der Waals surface area contributed by atoms with Crippen LogP contribution in [0, 0.1) is 0 Å². The summed E-state index contributed by atoms with van der Waals surface area (Å²) >= 11 is 0. The van der Waals surface area contributed by atoms with Crippen LogP contribution in [-0.4, -0.2) is 57.3 Å². The van der Waals surface area contributed by atoms with E-state index in [1.165, 1.54) is 22.4 Å². The Labute approximate surface area is 173 Å². The number of hydrogen-bond donors (Lipinski definition) is 1. The average molecular weight is 391 g/mol. The van der Waals surface area contributed by atoms with Gasteiger partial charge >= 0.3 is 0 Å². The highest BCUT2D eigenvalue weighted by atomic mass is 16.5. The molecule has 1 N–H and O–H groups in total. The highest BCUT2D eigenvalue weighted by Gasteiger charge is 2.18. The molecule has 0 saturated carbocycles. The van der Waals surface area contributed by atoms with Crippen molar-refractivity contribution in [1.82, 2.24) is 10.2 Å². The number of aliphatic imine (C=N–C) groups is 1. The molecule has 0 unspecified atom stereocenters. The van der Waals surface area contributed by atoms with Gasteiger partial charge in [0.2, 0.25) is 0 Å². The van der Waals surface area contributed by atoms with E-state index < -0.39 is 0 Å². The maximum atomic E-state index is 5.51. The van der Waals surface area contributed by atoms with E-state index in [4.69, 9.17) is 4.74 Å². The fraction of sp³-hybridized carbons (Fsp3) is 0.375. The molecule has 0 aromatic heterocycles. The van der Waals surface area contributed by atoms with Crippen LogP contribution in [0.5, 0.6) is 0 Å². The van der Waals surface area contributed by atoms with Gasteiger partial charge in [-0.25, -0.2) is 0 Å². The number of morpholine rings is 1. The van der Waals surface area contributed by atoms with Crippen molar-refractivity contribution in [2.45, 2.75) is 13.0 Å². The Kier molecular flexibility index (Phi) is 6.47. The van der Waals surface area contributed by atoms with Crippen LogP contribution >= 0.6 is 0 Å². The Morgan fingerprint density at radius 3 is 2.48 bits per heavy atom. The average Bonchev–Trinajstić information content (AvgIpc) is 2.81. The zero-order valence-electron chi connectivity index (χ0n) is 17.2. The van der Waals surface area contributed by atoms with Gasteiger partial charge in [-0.2, -0.15) is 0 Å². The molecule has 2 aliphatic heterocycles. The number of nitrogens with one attached hydrogen (secondary N) is 1. The number of para-hydroxylation sites is 1. The van der Waals surface area contributed by atoms with Crippen molar-refractivity contribution < 1.29 is 4.74 Å². The summed E-state index contributed by atoms with van der Waals surface area (Å²) in [5.41, 5.74) is 5.35. The minimum Gasteiger partial charge on any atom is -0.378 e. The molecule has 29 heavy (non-hydrogen) atoms. The number of hydrogen-bond acceptors (Lipinski definition) is 3. The van der Waals surface area contributed by atoms with E-state index in [9.17, 15) is 0 Å². The SMILES string of the molecule is CN=C(NCc1ccccc1N1CCOCC1)N1CC=C(c2ccccc2)CC1. The third-order valence-corrected chi connectivity index (χ3v) is 5.65. The van der Waals surface area contributed by atoms with E-state index in [0.717, 1.165) is 58.3 Å². The molecule has 2 aliphatic rings. The van der Waals surface area contributed by atoms with Crippen molar-refractivity contribution in [2.24, 2.45) is 4.99 Å². The van der Waals surface area contributed by atoms with Crippen LogP contribution in [0.3, 0.4) is 0 Å². The van der Waals surface area contributed by atoms with Gasteiger partial charge in [0.25, 0.3) is 0 Å². The molecular formula is C24H30N4O. The van der Waals surface area contributed by atoms with Gasteiger partial charge < -0.3 is 19.9 Å². The van der Waals surface area contributed by atoms with Crippen LogP contribution in [-0.2, 0) is 11.3 Å². The van der Waals surface area contributed by atoms with Crippen LogP contribution in [0.2, 0.25) is 0 Å². The summed E-state index contributed by atoms with van der Waals surface area (Å²) in [6, 6.07) is 19.3. The number of guanidine groups is 1. The third kappa shape index (κ3) is 4.80. The van der Waals surface area contributed by atoms with Gasteiger partial charge in [-0.3, -0.25) is 4.99 Å². The number of ether oxygens (including phenoxy) is 1. The highest BCUT2D eigenvalue weighted by molar-refractivity contribution is 5.81. The van der Waals surface area contributed by atoms with Crippen LogP contribution in [0.15, 0.2) is 65.7 Å². The topological polar surface area (TPSA) is 40.1 Å². The molecule has 2 heterocycles. The normalized spacial score (nSPS) is 17.8. The Morgan fingerprint density at radius 2 is 1.76 bits per heavy atom. The molecule has 0 spiro atoms. The lowest BCUT2D eigenvalue weighted by atomic mass is 10.00. The molecule has 1 fully saturated rings. The summed E-state index contributed by atoms with van der Waals surface area (Å²) in [6.45, 7) is 6.13. The molecule has 0 amide bonds. The molecule has 2 aromatic rings. The van der Waals surface area contributed by atoms with E-state index in [0.29, 0.717) is 0 Å². The predicted octanol–water partition coefficient (Wildman–Crippen LogP) is 3.39. The fourth-order valence-corrected chi connectivity index (χ4v) is 4.06. The Hall–Kier alpha value is -2.79. The highest BCUT2D eigenvalue weighted by Crippen LogP contribution is 2.23. The first-order valence-corrected chi connectivity index (χ1v) is 10.5. The van der Waals surface area contributed by atoms with E-state index in [1.54, 1.807) is 0 Å². The molecule has 5 heteroatoms. The quantitative estimate of drug-likeness (QED) is 0.642. The van der Waals surface area contributed by atoms with Gasteiger partial charge in [0.15, 0.2) is 5.96 Å². The molecule has 1 saturated heterocycles. The van der Waals surface area contributed by atoms with Gasteiger partial charge in [0, 0.05) is 45.5 Å². The molecule has 152 valence electrons. The monoisotopic (exact) mass is 390 g/mol. The van der Waals surface area contributed by atoms with Crippen LogP contribution in [0.25, 0.3) is 5.57 Å². The van der Waals surface area contributed by atoms with Crippen LogP contribution in [0.1, 0.15) is 17.5 Å². The number of rotatable bonds is 4. The Balaban J connectivity index is 1.39. The van der Waals surface area contributed by atoms with Crippen molar-refractivity contribution in [2.75, 3.05) is 51.3 Å². The third-order valence-electron chi connectivity index (χ3n) is 5.65. The second kappa shape index (κ2) is 9.61. The zero-order chi connectivity index (χ0) is 19.9. The zero-order valence-corrected chi connectivity index (χ0v) is 17.2. The molecule has 0 aliphatic carbocycles. The van der Waals surface area contributed by atoms with E-state index in [-0.39, 0.29) is 0 Å². The molecule has 0 bridgehead atoms. The first-order chi connectivity index (χ1) is 14.3. The summed E-state index contributed by atoms with van der Waals surface area (Å²) in [7, 11) is 1.87. The van der Waals surface area contributed by atoms with Crippen molar-refractivity contribution in [3.8, 4) is 0 Å². The summed E-state index contributed by atoms with van der Waals surface area (Å²) in [6.07, 6.45) is 3.36. The standard InChI is InChI=1S/C24H30N4O/c1-25-24(28-13-11-21(12-14-28)20-7-3-2-4-8-20)26-19-22-9-5-6-10-23(22)27-15-17-29-18-16-27/h2-11H,12-19H2,1H3,(H,25,26). The lowest BCUT2D eigenvalue weighted by molar-refractivity contribution is 0.122. The number of anilines is 1. The van der Waals surface area contributed by atoms with Crippen molar-refractivity contribution in [1.29, 1.82) is 0 Å². The molecule has 0 radical (unpaired) electrons. The summed E-state index contributed by atoms with van der Waals surface area (Å²) in [5.74, 6) is 0.963. The molecule has 0 atom stereocenters. The van der Waals surface area contributed by atoms with Crippen LogP contribution in [0.4, 0.5) is 5.69 Å². The van der Waals surface area contributed by atoms with Crippen molar-refractivity contribution in [3.05, 3.63) is 71.8 Å². The second-order valence-electron chi connectivity index (χ2n) is 7.42. The first-order valence-electron chi connectivity index (χ1n) is 10.5. The van der Waals surface area contributed by atoms with Gasteiger partial charge in [0.1, 0.15) is 0 Å². The minimum absolute atomic E-state index is 0.770. The lowest BCUT2D eigenvalue weighted by Gasteiger charge is -2.32. The van der Waals surface area contributed by atoms with E-state index in [2.05, 4.69) is 80.8 Å². The van der Waals surface area contributed by atoms with Gasteiger partial charge in [-0.1, -0.05) is 54.6 Å². The largest absolute Gasteiger partial charge is 0.378 e. The van der Waals surface area contributed by atoms with Gasteiger partial charge in [-0.15, -0.1) is 0 Å². The summed E-state index contributed by atoms with van der Waals surface area (Å²) in [4.78, 5) is 9.27. The lowest BCUT2D eigenvalue weighted by Crippen LogP contribution is -2.43. The van der Waals surface area contributed by atoms with E-state index >= 15 is 0 Å². The van der Waals surface area contributed by atoms with Crippen molar-refractivity contribution in [3.63, 3.8) is 0 Å². The predicted molar refractivity (Wildman–Crippen MR) is 120 cm³/mol. The van der Waals surface area contributed by atoms with Gasteiger partial charge in [0.05, 0.1) is 13.2 Å². The number of benzene rings is 2. The maximum Gasteiger partial charge on any atom is 0.194 e. The smallest absolute Gasteiger partial charge is 0.194 e. The van der Waals surface area contributed by atoms with Crippen LogP contribution < -0.4 is 10.2 Å². The summed E-state index contributed by atoms with van der Waals surface area (Å²) < 4.78 is 5.51. The Bertz CT molecular complexity index is 856. The first kappa shape index (κ1) is 19.5. The molecule has 4 rings (SSSR count). The van der Waals surface area contributed by atoms with Gasteiger partial charge in [-0.05, 0) is 29.2 Å². The van der Waals surface area contributed by atoms with Crippen molar-refractivity contribution >= 4 is 17.2 Å². The molecular weight excluding hydrogens is 360 g/mol. The molecule has 2 aromatic carbocycles. The fourth-order valence-electron chi connectivity index (χ4n) is 4.06. The number of nitrogens with zero attached hydrogens (tertiary/aromatic N) is 3. The molecule has 5 nitrogen and oxygen atoms in total.